The molecule has 25 heavy (non-hydrogen) atoms. The van der Waals surface area contributed by atoms with Crippen LogP contribution in [0.25, 0.3) is 12.2 Å². The van der Waals surface area contributed by atoms with Crippen molar-refractivity contribution in [2.75, 3.05) is 0 Å². The maximum Gasteiger partial charge on any atom is 0.231 e. The molecule has 0 bridgehead atoms. The summed E-state index contributed by atoms with van der Waals surface area (Å²) < 4.78 is 30.4. The van der Waals surface area contributed by atoms with E-state index in [1.807, 2.05) is 12.2 Å². The van der Waals surface area contributed by atoms with E-state index in [9.17, 15) is 8.42 Å². The third kappa shape index (κ3) is 3.22. The van der Waals surface area contributed by atoms with Crippen LogP contribution >= 0.6 is 11.6 Å². The zero-order chi connectivity index (χ0) is 17.4. The van der Waals surface area contributed by atoms with Crippen molar-refractivity contribution < 1.29 is 12.8 Å². The van der Waals surface area contributed by atoms with E-state index in [0.29, 0.717) is 17.3 Å². The fraction of sp³-hybridized carbons (Fsp3) is 0.188. The molecule has 128 valence electrons. The molecular formula is C16H13ClN4O3S. The number of H-pyrrole nitrogens is 1. The molecule has 2 aromatic heterocycles. The quantitative estimate of drug-likeness (QED) is 0.733. The van der Waals surface area contributed by atoms with E-state index in [1.54, 1.807) is 6.20 Å². The summed E-state index contributed by atoms with van der Waals surface area (Å²) in [6, 6.07) is 5.98. The Bertz CT molecular complexity index is 1130. The predicted octanol–water partition coefficient (Wildman–Crippen LogP) is 1.17. The lowest BCUT2D eigenvalue weighted by Gasteiger charge is -2.07. The number of hydrogen-bond acceptors (Lipinski definition) is 6. The number of fused-ring (bicyclic) bond motifs is 1. The number of halogens is 1. The van der Waals surface area contributed by atoms with Crippen molar-refractivity contribution in [2.24, 2.45) is 0 Å². The summed E-state index contributed by atoms with van der Waals surface area (Å²) in [5.74, 6) is 0.0139. The van der Waals surface area contributed by atoms with Gasteiger partial charge in [0.15, 0.2) is 9.84 Å². The van der Waals surface area contributed by atoms with Crippen LogP contribution in [0.1, 0.15) is 24.1 Å². The highest BCUT2D eigenvalue weighted by molar-refractivity contribution is 7.90. The Kier molecular flexibility index (Phi) is 3.93. The Labute approximate surface area is 148 Å². The smallest absolute Gasteiger partial charge is 0.231 e. The van der Waals surface area contributed by atoms with Gasteiger partial charge in [-0.15, -0.1) is 10.2 Å². The first-order valence-electron chi connectivity index (χ1n) is 7.53. The molecule has 3 aromatic rings. The van der Waals surface area contributed by atoms with Crippen molar-refractivity contribution in [1.82, 2.24) is 20.4 Å². The molecule has 1 aliphatic carbocycles. The van der Waals surface area contributed by atoms with Gasteiger partial charge in [0, 0.05) is 10.2 Å². The summed E-state index contributed by atoms with van der Waals surface area (Å²) in [6.07, 6.45) is 6.38. The first kappa shape index (κ1) is 16.0. The maximum absolute atomic E-state index is 12.4. The fourth-order valence-electron chi connectivity index (χ4n) is 2.67. The van der Waals surface area contributed by atoms with Gasteiger partial charge in [0.25, 0.3) is 0 Å². The average Bonchev–Trinajstić information content (AvgIpc) is 3.23. The van der Waals surface area contributed by atoms with Gasteiger partial charge in [-0.1, -0.05) is 23.8 Å². The molecule has 0 spiro atoms. The molecule has 1 atom stereocenters. The van der Waals surface area contributed by atoms with Crippen molar-refractivity contribution in [2.45, 2.75) is 23.0 Å². The second-order valence-electron chi connectivity index (χ2n) is 5.70. The highest BCUT2D eigenvalue weighted by Crippen LogP contribution is 2.24. The van der Waals surface area contributed by atoms with Crippen LogP contribution in [0.4, 0.5) is 0 Å². The van der Waals surface area contributed by atoms with E-state index in [0.717, 1.165) is 10.6 Å². The largest absolute Gasteiger partial charge is 0.424 e. The molecular weight excluding hydrogens is 364 g/mol. The highest BCUT2D eigenvalue weighted by atomic mass is 35.5. The number of benzene rings is 1. The fourth-order valence-corrected chi connectivity index (χ4v) is 3.95. The molecule has 9 heteroatoms. The molecule has 1 unspecified atom stereocenters. The number of aromatic nitrogens is 4. The molecule has 2 heterocycles. The second kappa shape index (κ2) is 6.12. The van der Waals surface area contributed by atoms with E-state index in [2.05, 4.69) is 20.4 Å². The van der Waals surface area contributed by atoms with E-state index >= 15 is 0 Å². The molecule has 7 nitrogen and oxygen atoms in total. The van der Waals surface area contributed by atoms with Crippen LogP contribution in [0.15, 0.2) is 39.8 Å². The average molecular weight is 377 g/mol. The van der Waals surface area contributed by atoms with E-state index in [-0.39, 0.29) is 22.5 Å². The Morgan fingerprint density at radius 2 is 2.04 bits per heavy atom. The second-order valence-corrected chi connectivity index (χ2v) is 8.13. The standard InChI is InChI=1S/C16H13ClN4O3S/c17-12-2-4-13(5-3-12)25(22,23)9-15-20-21-16(24-15)10-1-6-14-11(7-10)8-18-19-14/h2-8,10,19H,1,9H2. The van der Waals surface area contributed by atoms with Gasteiger partial charge in [0.1, 0.15) is 5.75 Å². The molecule has 4 rings (SSSR count). The van der Waals surface area contributed by atoms with E-state index in [1.165, 1.54) is 24.3 Å². The lowest BCUT2D eigenvalue weighted by atomic mass is 10.0. The van der Waals surface area contributed by atoms with Gasteiger partial charge in [-0.25, -0.2) is 8.42 Å². The van der Waals surface area contributed by atoms with E-state index < -0.39 is 9.84 Å². The minimum Gasteiger partial charge on any atom is -0.424 e. The van der Waals surface area contributed by atoms with E-state index in [4.69, 9.17) is 16.0 Å². The highest BCUT2D eigenvalue weighted by Gasteiger charge is 2.22. The Morgan fingerprint density at radius 1 is 1.24 bits per heavy atom. The number of rotatable bonds is 4. The first-order chi connectivity index (χ1) is 12.0. The number of hydrogen-bond donors (Lipinski definition) is 1. The van der Waals surface area contributed by atoms with Crippen LogP contribution in [-0.4, -0.2) is 28.8 Å². The summed E-state index contributed by atoms with van der Waals surface area (Å²) in [5.41, 5.74) is 0. The molecule has 0 saturated carbocycles. The van der Waals surface area contributed by atoms with Crippen LogP contribution in [0.5, 0.6) is 0 Å². The van der Waals surface area contributed by atoms with Crippen LogP contribution in [0.3, 0.4) is 0 Å². The Balaban J connectivity index is 1.57. The van der Waals surface area contributed by atoms with Gasteiger partial charge in [0.05, 0.1) is 22.4 Å². The van der Waals surface area contributed by atoms with Crippen molar-refractivity contribution in [1.29, 1.82) is 0 Å². The third-order valence-electron chi connectivity index (χ3n) is 3.94. The van der Waals surface area contributed by atoms with Crippen LogP contribution < -0.4 is 10.6 Å². The Morgan fingerprint density at radius 3 is 2.84 bits per heavy atom. The molecule has 0 aliphatic heterocycles. The van der Waals surface area contributed by atoms with Gasteiger partial charge in [0.2, 0.25) is 11.8 Å². The number of sulfone groups is 1. The molecule has 1 aliphatic rings. The summed E-state index contributed by atoms with van der Waals surface area (Å²) in [5, 5.41) is 17.2. The van der Waals surface area contributed by atoms with Crippen molar-refractivity contribution in [3.8, 4) is 0 Å². The summed E-state index contributed by atoms with van der Waals surface area (Å²) in [6.45, 7) is 0. The maximum atomic E-state index is 12.4. The first-order valence-corrected chi connectivity index (χ1v) is 9.56. The monoisotopic (exact) mass is 376 g/mol. The zero-order valence-electron chi connectivity index (χ0n) is 12.9. The van der Waals surface area contributed by atoms with Gasteiger partial charge >= 0.3 is 0 Å². The minimum absolute atomic E-state index is 0.0661. The third-order valence-corrected chi connectivity index (χ3v) is 5.81. The number of nitrogens with one attached hydrogen (secondary N) is 1. The SMILES string of the molecule is O=S(=O)(Cc1nnc(C2C=c3cn[nH]c3=CC2)o1)c1ccc(Cl)cc1. The van der Waals surface area contributed by atoms with Gasteiger partial charge in [-0.2, -0.15) is 5.10 Å². The molecule has 0 amide bonds. The Hall–Kier alpha value is -2.45. The zero-order valence-corrected chi connectivity index (χ0v) is 14.5. The van der Waals surface area contributed by atoms with Gasteiger partial charge in [-0.05, 0) is 30.7 Å². The summed E-state index contributed by atoms with van der Waals surface area (Å²) in [4.78, 5) is 0.164. The summed E-state index contributed by atoms with van der Waals surface area (Å²) in [7, 11) is -3.58. The molecule has 1 N–H and O–H groups in total. The summed E-state index contributed by atoms with van der Waals surface area (Å²) >= 11 is 5.79. The molecule has 0 saturated heterocycles. The van der Waals surface area contributed by atoms with Gasteiger partial charge < -0.3 is 4.42 Å². The normalized spacial score (nSPS) is 16.8. The van der Waals surface area contributed by atoms with Crippen molar-refractivity contribution in [3.63, 3.8) is 0 Å². The van der Waals surface area contributed by atoms with Gasteiger partial charge in [-0.3, -0.25) is 5.10 Å². The van der Waals surface area contributed by atoms with Crippen LogP contribution in [0, 0.1) is 0 Å². The van der Waals surface area contributed by atoms with Crippen LogP contribution in [0.2, 0.25) is 5.02 Å². The van der Waals surface area contributed by atoms with Crippen molar-refractivity contribution in [3.05, 3.63) is 57.8 Å². The van der Waals surface area contributed by atoms with Crippen molar-refractivity contribution >= 4 is 33.6 Å². The topological polar surface area (TPSA) is 102 Å². The van der Waals surface area contributed by atoms with Crippen LogP contribution in [-0.2, 0) is 15.6 Å². The predicted molar refractivity (Wildman–Crippen MR) is 90.8 cm³/mol. The number of nitrogens with zero attached hydrogens (tertiary/aromatic N) is 3. The molecule has 1 aromatic carbocycles. The number of aromatic amines is 1. The lowest BCUT2D eigenvalue weighted by Crippen LogP contribution is -2.26. The molecule has 0 fully saturated rings. The lowest BCUT2D eigenvalue weighted by molar-refractivity contribution is 0.451. The molecule has 0 radical (unpaired) electrons. The minimum atomic E-state index is -3.58.